The summed E-state index contributed by atoms with van der Waals surface area (Å²) in [5.41, 5.74) is 3.11. The predicted molar refractivity (Wildman–Crippen MR) is 93.8 cm³/mol. The van der Waals surface area contributed by atoms with Crippen molar-refractivity contribution >= 4 is 45.8 Å². The molecule has 0 unspecified atom stereocenters. The van der Waals surface area contributed by atoms with E-state index in [-0.39, 0.29) is 4.91 Å². The Bertz CT molecular complexity index is 1040. The highest BCUT2D eigenvalue weighted by molar-refractivity contribution is 8.03. The van der Waals surface area contributed by atoms with Crippen LogP contribution in [-0.4, -0.2) is 21.0 Å². The lowest BCUT2D eigenvalue weighted by Crippen LogP contribution is -1.96. The Morgan fingerprint density at radius 1 is 1.17 bits per heavy atom. The molecule has 0 aliphatic rings. The van der Waals surface area contributed by atoms with Gasteiger partial charge in [0, 0.05) is 22.7 Å². The minimum atomic E-state index is -1.02. The summed E-state index contributed by atoms with van der Waals surface area (Å²) in [5.74, 6) is -1.02. The quantitative estimate of drug-likeness (QED) is 0.423. The third kappa shape index (κ3) is 2.68. The van der Waals surface area contributed by atoms with Gasteiger partial charge in [-0.05, 0) is 36.0 Å². The number of oxazole rings is 1. The van der Waals surface area contributed by atoms with Crippen molar-refractivity contribution in [2.45, 2.75) is 5.22 Å². The zero-order valence-electron chi connectivity index (χ0n) is 12.4. The van der Waals surface area contributed by atoms with Crippen LogP contribution in [0.4, 0.5) is 0 Å². The summed E-state index contributed by atoms with van der Waals surface area (Å²) in [6.07, 6.45) is 3.42. The van der Waals surface area contributed by atoms with E-state index in [9.17, 15) is 9.90 Å². The van der Waals surface area contributed by atoms with Crippen LogP contribution >= 0.6 is 11.8 Å². The summed E-state index contributed by atoms with van der Waals surface area (Å²) in [4.78, 5) is 19.2. The molecule has 0 bridgehead atoms. The Kier molecular flexibility index (Phi) is 3.59. The Morgan fingerprint density at radius 2 is 1.96 bits per heavy atom. The molecule has 2 heterocycles. The Balaban J connectivity index is 1.72. The zero-order chi connectivity index (χ0) is 16.5. The van der Waals surface area contributed by atoms with Gasteiger partial charge in [-0.1, -0.05) is 30.3 Å². The van der Waals surface area contributed by atoms with E-state index >= 15 is 0 Å². The molecule has 4 aromatic rings. The van der Waals surface area contributed by atoms with E-state index < -0.39 is 5.97 Å². The molecule has 0 saturated heterocycles. The number of nitrogens with one attached hydrogen (secondary N) is 1. The van der Waals surface area contributed by atoms with Gasteiger partial charge in [0.05, 0.1) is 0 Å². The predicted octanol–water partition coefficient (Wildman–Crippen LogP) is 4.53. The third-order valence-electron chi connectivity index (χ3n) is 3.59. The number of nitrogens with zero attached hydrogens (tertiary/aromatic N) is 1. The van der Waals surface area contributed by atoms with Gasteiger partial charge in [-0.3, -0.25) is 0 Å². The molecule has 6 heteroatoms. The number of benzene rings is 2. The lowest BCUT2D eigenvalue weighted by Gasteiger charge is -1.98. The van der Waals surface area contributed by atoms with Crippen molar-refractivity contribution in [2.75, 3.05) is 0 Å². The molecule has 0 saturated carbocycles. The molecule has 4 rings (SSSR count). The van der Waals surface area contributed by atoms with Crippen molar-refractivity contribution in [3.8, 4) is 0 Å². The largest absolute Gasteiger partial charge is 0.477 e. The Labute approximate surface area is 141 Å². The fraction of sp³-hybridized carbons (Fsp3) is 0. The van der Waals surface area contributed by atoms with Gasteiger partial charge in [0.25, 0.3) is 5.22 Å². The van der Waals surface area contributed by atoms with E-state index in [2.05, 4.69) is 9.97 Å². The molecule has 0 amide bonds. The fourth-order valence-electron chi connectivity index (χ4n) is 2.48. The molecule has 0 fully saturated rings. The molecule has 5 nitrogen and oxygen atoms in total. The highest BCUT2D eigenvalue weighted by Gasteiger charge is 2.15. The smallest absolute Gasteiger partial charge is 0.342 e. The standard InChI is InChI=1S/C18H12N2O3S/c21-17(22)16(9-11-10-19-13-6-2-1-5-12(11)13)24-18-20-14-7-3-4-8-15(14)23-18/h1-10,19H,(H,21,22)/b16-9+. The van der Waals surface area contributed by atoms with Gasteiger partial charge >= 0.3 is 5.97 Å². The van der Waals surface area contributed by atoms with Crippen LogP contribution in [0, 0.1) is 0 Å². The highest BCUT2D eigenvalue weighted by Crippen LogP contribution is 2.31. The van der Waals surface area contributed by atoms with Gasteiger partial charge in [-0.15, -0.1) is 0 Å². The number of H-pyrrole nitrogens is 1. The number of rotatable bonds is 4. The summed E-state index contributed by atoms with van der Waals surface area (Å²) >= 11 is 0.999. The SMILES string of the molecule is O=C(O)/C(=C\c1c[nH]c2ccccc12)Sc1nc2ccccc2o1. The van der Waals surface area contributed by atoms with Crippen molar-refractivity contribution in [3.05, 3.63) is 65.2 Å². The van der Waals surface area contributed by atoms with E-state index in [1.807, 2.05) is 42.5 Å². The van der Waals surface area contributed by atoms with E-state index in [0.29, 0.717) is 16.3 Å². The topological polar surface area (TPSA) is 79.1 Å². The average Bonchev–Trinajstić information content (AvgIpc) is 3.18. The van der Waals surface area contributed by atoms with Gasteiger partial charge in [0.2, 0.25) is 0 Å². The lowest BCUT2D eigenvalue weighted by molar-refractivity contribution is -0.131. The number of hydrogen-bond acceptors (Lipinski definition) is 4. The molecule has 118 valence electrons. The summed E-state index contributed by atoms with van der Waals surface area (Å²) in [6.45, 7) is 0. The number of aromatic nitrogens is 2. The van der Waals surface area contributed by atoms with E-state index in [1.54, 1.807) is 18.3 Å². The number of fused-ring (bicyclic) bond motifs is 2. The van der Waals surface area contributed by atoms with Crippen LogP contribution in [0.2, 0.25) is 0 Å². The van der Waals surface area contributed by atoms with Gasteiger partial charge in [0.15, 0.2) is 5.58 Å². The van der Waals surface area contributed by atoms with E-state index in [0.717, 1.165) is 28.2 Å². The van der Waals surface area contributed by atoms with Crippen molar-refractivity contribution in [2.24, 2.45) is 0 Å². The molecule has 2 aromatic heterocycles. The fourth-order valence-corrected chi connectivity index (χ4v) is 3.22. The number of carboxylic acids is 1. The number of carbonyl (C=O) groups is 1. The van der Waals surface area contributed by atoms with Gasteiger partial charge in [-0.2, -0.15) is 0 Å². The molecule has 2 N–H and O–H groups in total. The van der Waals surface area contributed by atoms with Crippen molar-refractivity contribution in [1.29, 1.82) is 0 Å². The maximum Gasteiger partial charge on any atom is 0.342 e. The summed E-state index contributed by atoms with van der Waals surface area (Å²) in [5, 5.41) is 10.8. The van der Waals surface area contributed by atoms with Crippen LogP contribution in [-0.2, 0) is 4.79 Å². The third-order valence-corrected chi connectivity index (χ3v) is 4.45. The first-order valence-electron chi connectivity index (χ1n) is 7.25. The minimum Gasteiger partial charge on any atom is -0.477 e. The maximum absolute atomic E-state index is 11.6. The average molecular weight is 336 g/mol. The number of aromatic amines is 1. The monoisotopic (exact) mass is 336 g/mol. The van der Waals surface area contributed by atoms with E-state index in [1.165, 1.54) is 0 Å². The second kappa shape index (κ2) is 5.90. The summed E-state index contributed by atoms with van der Waals surface area (Å²) in [6, 6.07) is 15.1. The van der Waals surface area contributed by atoms with E-state index in [4.69, 9.17) is 4.42 Å². The molecule has 0 radical (unpaired) electrons. The van der Waals surface area contributed by atoms with Gasteiger partial charge in [-0.25, -0.2) is 9.78 Å². The highest BCUT2D eigenvalue weighted by atomic mass is 32.2. The van der Waals surface area contributed by atoms with Crippen molar-refractivity contribution in [3.63, 3.8) is 0 Å². The first kappa shape index (κ1) is 14.6. The molecule has 2 aromatic carbocycles. The maximum atomic E-state index is 11.6. The van der Waals surface area contributed by atoms with Crippen LogP contribution in [0.5, 0.6) is 0 Å². The first-order chi connectivity index (χ1) is 11.7. The number of hydrogen-bond donors (Lipinski definition) is 2. The minimum absolute atomic E-state index is 0.145. The molecule has 0 aliphatic heterocycles. The number of para-hydroxylation sites is 3. The first-order valence-corrected chi connectivity index (χ1v) is 8.07. The molecular weight excluding hydrogens is 324 g/mol. The van der Waals surface area contributed by atoms with Crippen LogP contribution in [0.1, 0.15) is 5.56 Å². The number of thioether (sulfide) groups is 1. The van der Waals surface area contributed by atoms with Crippen molar-refractivity contribution < 1.29 is 14.3 Å². The molecule has 0 spiro atoms. The van der Waals surface area contributed by atoms with Crippen LogP contribution in [0.3, 0.4) is 0 Å². The molecular formula is C18H12N2O3S. The Hall–Kier alpha value is -2.99. The molecule has 0 atom stereocenters. The molecule has 24 heavy (non-hydrogen) atoms. The van der Waals surface area contributed by atoms with Crippen LogP contribution in [0.15, 0.2) is 69.3 Å². The number of aliphatic carboxylic acids is 1. The Morgan fingerprint density at radius 3 is 2.79 bits per heavy atom. The lowest BCUT2D eigenvalue weighted by atomic mass is 10.1. The van der Waals surface area contributed by atoms with Crippen molar-refractivity contribution in [1.82, 2.24) is 9.97 Å². The number of carboxylic acid groups (broad SMARTS) is 1. The van der Waals surface area contributed by atoms with Gasteiger partial charge < -0.3 is 14.5 Å². The zero-order valence-corrected chi connectivity index (χ0v) is 13.2. The van der Waals surface area contributed by atoms with Crippen LogP contribution in [0.25, 0.3) is 28.1 Å². The second-order valence-corrected chi connectivity index (χ2v) is 6.15. The van der Waals surface area contributed by atoms with Crippen LogP contribution < -0.4 is 0 Å². The summed E-state index contributed by atoms with van der Waals surface area (Å²) < 4.78 is 5.60. The second-order valence-electron chi connectivity index (χ2n) is 5.15. The summed E-state index contributed by atoms with van der Waals surface area (Å²) in [7, 11) is 0. The molecule has 0 aliphatic carbocycles. The normalized spacial score (nSPS) is 12.1. The van der Waals surface area contributed by atoms with Gasteiger partial charge in [0.1, 0.15) is 10.4 Å².